The predicted molar refractivity (Wildman–Crippen MR) is 99.2 cm³/mol. The third-order valence-electron chi connectivity index (χ3n) is 4.17. The number of ether oxygens (including phenoxy) is 2. The molecular formula is C21H32O4. The van der Waals surface area contributed by atoms with Crippen molar-refractivity contribution in [3.8, 4) is 12.3 Å². The highest BCUT2D eigenvalue weighted by atomic mass is 16.5. The van der Waals surface area contributed by atoms with Crippen LogP contribution in [0.5, 0.6) is 0 Å². The highest BCUT2D eigenvalue weighted by molar-refractivity contribution is 6.22. The van der Waals surface area contributed by atoms with E-state index < -0.39 is 0 Å². The van der Waals surface area contributed by atoms with Gasteiger partial charge in [0, 0.05) is 19.4 Å². The van der Waals surface area contributed by atoms with Gasteiger partial charge >= 0.3 is 0 Å². The van der Waals surface area contributed by atoms with Crippen molar-refractivity contribution in [3.63, 3.8) is 0 Å². The van der Waals surface area contributed by atoms with Gasteiger partial charge < -0.3 is 9.47 Å². The normalized spacial score (nSPS) is 17.0. The summed E-state index contributed by atoms with van der Waals surface area (Å²) >= 11 is 0. The summed E-state index contributed by atoms with van der Waals surface area (Å²) in [5.74, 6) is 2.85. The standard InChI is InChI=1S/C21H32O4/c1-6-9-24-11-12-25-10-7-8-17(13-16(2)3)20-18(22)14-21(4,5)15-19(20)23/h1,16H,7-15H2,2-5H3. The molecule has 0 spiro atoms. The lowest BCUT2D eigenvalue weighted by atomic mass is 9.72. The summed E-state index contributed by atoms with van der Waals surface area (Å²) in [7, 11) is 0. The first-order valence-electron chi connectivity index (χ1n) is 9.14. The predicted octanol–water partition coefficient (Wildman–Crippen LogP) is 3.73. The van der Waals surface area contributed by atoms with Crippen LogP contribution in [0, 0.1) is 23.7 Å². The Labute approximate surface area is 152 Å². The fourth-order valence-electron chi connectivity index (χ4n) is 3.22. The summed E-state index contributed by atoms with van der Waals surface area (Å²) < 4.78 is 10.7. The van der Waals surface area contributed by atoms with Crippen molar-refractivity contribution in [1.82, 2.24) is 0 Å². The molecular weight excluding hydrogens is 316 g/mol. The maximum Gasteiger partial charge on any atom is 0.166 e. The Morgan fingerprint density at radius 1 is 1.12 bits per heavy atom. The molecule has 0 radical (unpaired) electrons. The highest BCUT2D eigenvalue weighted by Gasteiger charge is 2.37. The topological polar surface area (TPSA) is 52.6 Å². The van der Waals surface area contributed by atoms with Gasteiger partial charge in [0.2, 0.25) is 0 Å². The quantitative estimate of drug-likeness (QED) is 0.261. The molecule has 1 rings (SSSR count). The van der Waals surface area contributed by atoms with Gasteiger partial charge in [-0.25, -0.2) is 0 Å². The zero-order chi connectivity index (χ0) is 18.9. The number of allylic oxidation sites excluding steroid dienone is 2. The van der Waals surface area contributed by atoms with Crippen LogP contribution in [0.25, 0.3) is 0 Å². The third-order valence-corrected chi connectivity index (χ3v) is 4.17. The van der Waals surface area contributed by atoms with E-state index in [4.69, 9.17) is 15.9 Å². The largest absolute Gasteiger partial charge is 0.379 e. The van der Waals surface area contributed by atoms with Gasteiger partial charge in [-0.1, -0.05) is 39.2 Å². The van der Waals surface area contributed by atoms with Gasteiger partial charge in [-0.05, 0) is 30.6 Å². The molecule has 0 aromatic heterocycles. The number of rotatable bonds is 10. The number of hydrogen-bond donors (Lipinski definition) is 0. The van der Waals surface area contributed by atoms with Crippen LogP contribution >= 0.6 is 0 Å². The number of carbonyl (C=O) groups excluding carboxylic acids is 2. The Morgan fingerprint density at radius 2 is 1.72 bits per heavy atom. The molecule has 0 saturated heterocycles. The van der Waals surface area contributed by atoms with Crippen LogP contribution in [0.3, 0.4) is 0 Å². The molecule has 140 valence electrons. The van der Waals surface area contributed by atoms with E-state index in [-0.39, 0.29) is 17.0 Å². The zero-order valence-corrected chi connectivity index (χ0v) is 16.2. The van der Waals surface area contributed by atoms with Crippen molar-refractivity contribution < 1.29 is 19.1 Å². The van der Waals surface area contributed by atoms with Crippen LogP contribution in [0.2, 0.25) is 0 Å². The molecule has 0 amide bonds. The maximum atomic E-state index is 12.5. The Balaban J connectivity index is 2.61. The first-order valence-corrected chi connectivity index (χ1v) is 9.14. The van der Waals surface area contributed by atoms with Gasteiger partial charge in [0.15, 0.2) is 11.6 Å². The van der Waals surface area contributed by atoms with Gasteiger partial charge in [-0.3, -0.25) is 9.59 Å². The van der Waals surface area contributed by atoms with Crippen LogP contribution < -0.4 is 0 Å². The summed E-state index contributed by atoms with van der Waals surface area (Å²) in [5.41, 5.74) is 1.26. The van der Waals surface area contributed by atoms with E-state index in [9.17, 15) is 9.59 Å². The van der Waals surface area contributed by atoms with E-state index in [1.165, 1.54) is 0 Å². The van der Waals surface area contributed by atoms with Crippen molar-refractivity contribution in [3.05, 3.63) is 11.1 Å². The minimum atomic E-state index is -0.220. The van der Waals surface area contributed by atoms with Crippen LogP contribution in [-0.4, -0.2) is 38.0 Å². The smallest absolute Gasteiger partial charge is 0.166 e. The average Bonchev–Trinajstić information content (AvgIpc) is 2.47. The molecule has 1 aliphatic carbocycles. The minimum Gasteiger partial charge on any atom is -0.379 e. The van der Waals surface area contributed by atoms with E-state index >= 15 is 0 Å². The molecule has 0 heterocycles. The van der Waals surface area contributed by atoms with Crippen LogP contribution in [0.15, 0.2) is 11.1 Å². The van der Waals surface area contributed by atoms with Crippen molar-refractivity contribution >= 4 is 11.6 Å². The first kappa shape index (κ1) is 21.6. The molecule has 25 heavy (non-hydrogen) atoms. The van der Waals surface area contributed by atoms with Crippen LogP contribution in [0.4, 0.5) is 0 Å². The van der Waals surface area contributed by atoms with Crippen molar-refractivity contribution in [2.45, 2.75) is 59.8 Å². The first-order chi connectivity index (χ1) is 11.8. The molecule has 0 aromatic rings. The SMILES string of the molecule is C#CCOCCOCCCC(CC(C)C)=C1C(=O)CC(C)(C)CC1=O. The molecule has 0 bridgehead atoms. The van der Waals surface area contributed by atoms with E-state index in [0.717, 1.165) is 24.8 Å². The second-order valence-corrected chi connectivity index (χ2v) is 7.91. The molecule has 4 nitrogen and oxygen atoms in total. The lowest BCUT2D eigenvalue weighted by Crippen LogP contribution is -2.32. The van der Waals surface area contributed by atoms with Gasteiger partial charge in [-0.2, -0.15) is 0 Å². The van der Waals surface area contributed by atoms with E-state index in [1.54, 1.807) is 0 Å². The lowest BCUT2D eigenvalue weighted by molar-refractivity contribution is -0.127. The Hall–Kier alpha value is -1.44. The maximum absolute atomic E-state index is 12.5. The van der Waals surface area contributed by atoms with Crippen molar-refractivity contribution in [2.75, 3.05) is 26.4 Å². The highest BCUT2D eigenvalue weighted by Crippen LogP contribution is 2.36. The Kier molecular flexibility index (Phi) is 9.10. The summed E-state index contributed by atoms with van der Waals surface area (Å²) in [6, 6.07) is 0. The molecule has 0 aliphatic heterocycles. The number of Topliss-reactive ketones (excluding diaryl/α,β-unsaturated/α-hetero) is 2. The van der Waals surface area contributed by atoms with Gasteiger partial charge in [0.25, 0.3) is 0 Å². The monoisotopic (exact) mass is 348 g/mol. The van der Waals surface area contributed by atoms with Gasteiger partial charge in [0.1, 0.15) is 6.61 Å². The fourth-order valence-corrected chi connectivity index (χ4v) is 3.22. The number of ketones is 2. The summed E-state index contributed by atoms with van der Waals surface area (Å²) in [5, 5.41) is 0. The average molecular weight is 348 g/mol. The number of hydrogen-bond acceptors (Lipinski definition) is 4. The minimum absolute atomic E-state index is 0.0144. The third kappa shape index (κ3) is 7.98. The van der Waals surface area contributed by atoms with E-state index in [1.807, 2.05) is 13.8 Å². The number of carbonyl (C=O) groups is 2. The number of terminal acetylenes is 1. The molecule has 0 atom stereocenters. The molecule has 1 aliphatic rings. The van der Waals surface area contributed by atoms with Gasteiger partial charge in [0.05, 0.1) is 18.8 Å². The zero-order valence-electron chi connectivity index (χ0n) is 16.2. The molecule has 0 N–H and O–H groups in total. The van der Waals surface area contributed by atoms with Crippen molar-refractivity contribution in [1.29, 1.82) is 0 Å². The second-order valence-electron chi connectivity index (χ2n) is 7.91. The second kappa shape index (κ2) is 10.5. The summed E-state index contributed by atoms with van der Waals surface area (Å²) in [6.45, 7) is 10.1. The lowest BCUT2D eigenvalue weighted by Gasteiger charge is -2.30. The van der Waals surface area contributed by atoms with E-state index in [0.29, 0.717) is 50.8 Å². The molecule has 1 fully saturated rings. The summed E-state index contributed by atoms with van der Waals surface area (Å²) in [4.78, 5) is 25.1. The van der Waals surface area contributed by atoms with E-state index in [2.05, 4.69) is 19.8 Å². The fraction of sp³-hybridized carbons (Fsp3) is 0.714. The molecule has 1 saturated carbocycles. The van der Waals surface area contributed by atoms with Crippen LogP contribution in [-0.2, 0) is 19.1 Å². The van der Waals surface area contributed by atoms with Crippen molar-refractivity contribution in [2.24, 2.45) is 11.3 Å². The summed E-state index contributed by atoms with van der Waals surface area (Å²) in [6.07, 6.45) is 8.33. The van der Waals surface area contributed by atoms with Gasteiger partial charge in [-0.15, -0.1) is 6.42 Å². The molecule has 0 unspecified atom stereocenters. The molecule has 0 aromatic carbocycles. The van der Waals surface area contributed by atoms with Crippen LogP contribution in [0.1, 0.15) is 59.8 Å². The Morgan fingerprint density at radius 3 is 2.28 bits per heavy atom. The Bertz CT molecular complexity index is 513. The molecule has 4 heteroatoms.